The van der Waals surface area contributed by atoms with E-state index in [1.807, 2.05) is 4.68 Å². The highest BCUT2D eigenvalue weighted by Gasteiger charge is 2.25. The first-order valence-corrected chi connectivity index (χ1v) is 6.58. The Morgan fingerprint density at radius 1 is 1.61 bits per heavy atom. The minimum atomic E-state index is -0.464. The van der Waals surface area contributed by atoms with E-state index in [-0.39, 0.29) is 5.69 Å². The van der Waals surface area contributed by atoms with Crippen molar-refractivity contribution in [1.29, 1.82) is 0 Å². The lowest BCUT2D eigenvalue weighted by Crippen LogP contribution is -2.19. The molecule has 2 N–H and O–H groups in total. The predicted octanol–water partition coefficient (Wildman–Crippen LogP) is 2.39. The molecule has 1 fully saturated rings. The number of carbonyl (C=O) groups excluding carboxylic acids is 1. The molecule has 1 aliphatic rings. The molecule has 2 atom stereocenters. The first-order valence-electron chi connectivity index (χ1n) is 6.58. The number of nitrogens with zero attached hydrogens (tertiary/aromatic N) is 2. The van der Waals surface area contributed by atoms with E-state index in [1.165, 1.54) is 26.4 Å². The highest BCUT2D eigenvalue weighted by Crippen LogP contribution is 2.34. The smallest absolute Gasteiger partial charge is 0.360 e. The minimum Gasteiger partial charge on any atom is -0.464 e. The number of methoxy groups -OCH3 is 1. The summed E-state index contributed by atoms with van der Waals surface area (Å²) in [5.41, 5.74) is 6.44. The molecule has 0 aliphatic heterocycles. The molecule has 0 amide bonds. The number of anilines is 1. The molecular weight excluding hydrogens is 230 g/mol. The van der Waals surface area contributed by atoms with Crippen LogP contribution in [0.4, 0.5) is 5.69 Å². The van der Waals surface area contributed by atoms with Crippen molar-refractivity contribution in [2.75, 3.05) is 12.8 Å². The molecule has 0 spiro atoms. The summed E-state index contributed by atoms with van der Waals surface area (Å²) in [7, 11) is 1.34. The van der Waals surface area contributed by atoms with Crippen molar-refractivity contribution in [3.05, 3.63) is 11.9 Å². The second kappa shape index (κ2) is 5.42. The van der Waals surface area contributed by atoms with Gasteiger partial charge in [-0.15, -0.1) is 0 Å². The van der Waals surface area contributed by atoms with E-state index in [2.05, 4.69) is 16.8 Å². The van der Waals surface area contributed by atoms with Crippen LogP contribution in [0.25, 0.3) is 0 Å². The fraction of sp³-hybridized carbons (Fsp3) is 0.692. The summed E-state index contributed by atoms with van der Waals surface area (Å²) >= 11 is 0. The summed E-state index contributed by atoms with van der Waals surface area (Å²) in [6, 6.07) is 0.365. The van der Waals surface area contributed by atoms with Crippen LogP contribution < -0.4 is 5.73 Å². The molecule has 1 heterocycles. The molecule has 0 bridgehead atoms. The average Bonchev–Trinajstić information content (AvgIpc) is 2.80. The van der Waals surface area contributed by atoms with Crippen LogP contribution in [0.1, 0.15) is 55.6 Å². The van der Waals surface area contributed by atoms with Crippen LogP contribution in [-0.4, -0.2) is 22.9 Å². The van der Waals surface area contributed by atoms with Crippen LogP contribution in [0.5, 0.6) is 0 Å². The van der Waals surface area contributed by atoms with Crippen molar-refractivity contribution < 1.29 is 9.53 Å². The maximum Gasteiger partial charge on any atom is 0.360 e. The SMILES string of the molecule is CCC1CCCC(n2cc(N)c(C(=O)OC)n2)C1. The summed E-state index contributed by atoms with van der Waals surface area (Å²) in [6.45, 7) is 2.23. The van der Waals surface area contributed by atoms with Gasteiger partial charge in [-0.2, -0.15) is 5.10 Å². The van der Waals surface area contributed by atoms with Crippen LogP contribution in [0.15, 0.2) is 6.20 Å². The van der Waals surface area contributed by atoms with Crippen molar-refractivity contribution in [2.24, 2.45) is 5.92 Å². The number of aromatic nitrogens is 2. The first kappa shape index (κ1) is 12.9. The van der Waals surface area contributed by atoms with Crippen molar-refractivity contribution in [1.82, 2.24) is 9.78 Å². The standard InChI is InChI=1S/C13H21N3O2/c1-3-9-5-4-6-10(7-9)16-8-11(14)12(15-16)13(17)18-2/h8-10H,3-7,14H2,1-2H3. The van der Waals surface area contributed by atoms with Crippen LogP contribution in [0, 0.1) is 5.92 Å². The van der Waals surface area contributed by atoms with Gasteiger partial charge >= 0.3 is 5.97 Å². The lowest BCUT2D eigenvalue weighted by atomic mass is 9.84. The Kier molecular flexibility index (Phi) is 3.89. The number of rotatable bonds is 3. The Hall–Kier alpha value is -1.52. The van der Waals surface area contributed by atoms with Crippen molar-refractivity contribution in [3.8, 4) is 0 Å². The summed E-state index contributed by atoms with van der Waals surface area (Å²) in [5, 5.41) is 4.29. The Bertz CT molecular complexity index is 428. The number of ether oxygens (including phenoxy) is 1. The quantitative estimate of drug-likeness (QED) is 0.837. The first-order chi connectivity index (χ1) is 8.65. The maximum atomic E-state index is 11.5. The molecule has 1 aliphatic carbocycles. The number of hydrogen-bond acceptors (Lipinski definition) is 4. The Morgan fingerprint density at radius 3 is 3.06 bits per heavy atom. The summed E-state index contributed by atoms with van der Waals surface area (Å²) in [4.78, 5) is 11.5. The normalized spacial score (nSPS) is 23.9. The van der Waals surface area contributed by atoms with Crippen molar-refractivity contribution in [3.63, 3.8) is 0 Å². The van der Waals surface area contributed by atoms with Crippen LogP contribution >= 0.6 is 0 Å². The molecule has 1 saturated carbocycles. The minimum absolute atomic E-state index is 0.233. The van der Waals surface area contributed by atoms with Gasteiger partial charge in [0.2, 0.25) is 0 Å². The second-order valence-electron chi connectivity index (χ2n) is 5.00. The number of carbonyl (C=O) groups is 1. The third kappa shape index (κ3) is 2.49. The third-order valence-electron chi connectivity index (χ3n) is 3.85. The topological polar surface area (TPSA) is 70.1 Å². The van der Waals surface area contributed by atoms with Gasteiger partial charge in [-0.1, -0.05) is 26.2 Å². The molecule has 0 radical (unpaired) electrons. The van der Waals surface area contributed by atoms with E-state index in [0.29, 0.717) is 11.7 Å². The average molecular weight is 251 g/mol. The van der Waals surface area contributed by atoms with Gasteiger partial charge in [-0.25, -0.2) is 4.79 Å². The molecule has 2 unspecified atom stereocenters. The van der Waals surface area contributed by atoms with Gasteiger partial charge < -0.3 is 10.5 Å². The maximum absolute atomic E-state index is 11.5. The molecule has 5 heteroatoms. The number of nitrogen functional groups attached to an aromatic ring is 1. The number of hydrogen-bond donors (Lipinski definition) is 1. The third-order valence-corrected chi connectivity index (χ3v) is 3.85. The van der Waals surface area contributed by atoms with E-state index >= 15 is 0 Å². The van der Waals surface area contributed by atoms with E-state index in [4.69, 9.17) is 5.73 Å². The van der Waals surface area contributed by atoms with Gasteiger partial charge in [0.25, 0.3) is 0 Å². The molecule has 2 rings (SSSR count). The predicted molar refractivity (Wildman–Crippen MR) is 69.3 cm³/mol. The van der Waals surface area contributed by atoms with E-state index in [1.54, 1.807) is 6.20 Å². The zero-order chi connectivity index (χ0) is 13.1. The Labute approximate surface area is 107 Å². The lowest BCUT2D eigenvalue weighted by molar-refractivity contribution is 0.0593. The van der Waals surface area contributed by atoms with Crippen LogP contribution in [0.2, 0.25) is 0 Å². The van der Waals surface area contributed by atoms with Crippen molar-refractivity contribution >= 4 is 11.7 Å². The fourth-order valence-corrected chi connectivity index (χ4v) is 2.72. The highest BCUT2D eigenvalue weighted by molar-refractivity contribution is 5.92. The molecule has 100 valence electrons. The van der Waals surface area contributed by atoms with E-state index < -0.39 is 5.97 Å². The highest BCUT2D eigenvalue weighted by atomic mass is 16.5. The van der Waals surface area contributed by atoms with Gasteiger partial charge in [0.15, 0.2) is 5.69 Å². The van der Waals surface area contributed by atoms with Crippen LogP contribution in [0.3, 0.4) is 0 Å². The fourth-order valence-electron chi connectivity index (χ4n) is 2.72. The largest absolute Gasteiger partial charge is 0.464 e. The molecule has 5 nitrogen and oxygen atoms in total. The molecule has 1 aromatic rings. The molecule has 0 saturated heterocycles. The van der Waals surface area contributed by atoms with Crippen LogP contribution in [-0.2, 0) is 4.74 Å². The zero-order valence-corrected chi connectivity index (χ0v) is 11.1. The molecule has 18 heavy (non-hydrogen) atoms. The molecule has 1 aromatic heterocycles. The monoisotopic (exact) mass is 251 g/mol. The second-order valence-corrected chi connectivity index (χ2v) is 5.00. The van der Waals surface area contributed by atoms with Gasteiger partial charge in [0.1, 0.15) is 0 Å². The zero-order valence-electron chi connectivity index (χ0n) is 11.1. The molecular formula is C13H21N3O2. The van der Waals surface area contributed by atoms with E-state index in [0.717, 1.165) is 18.8 Å². The van der Waals surface area contributed by atoms with E-state index in [9.17, 15) is 4.79 Å². The summed E-state index contributed by atoms with van der Waals surface area (Å²) < 4.78 is 6.52. The Morgan fingerprint density at radius 2 is 2.39 bits per heavy atom. The Balaban J connectivity index is 2.16. The number of esters is 1. The number of nitrogens with two attached hydrogens (primary N) is 1. The molecule has 0 aromatic carbocycles. The van der Waals surface area contributed by atoms with Gasteiger partial charge in [0.05, 0.1) is 18.8 Å². The van der Waals surface area contributed by atoms with Gasteiger partial charge in [-0.05, 0) is 18.8 Å². The summed E-state index contributed by atoms with van der Waals surface area (Å²) in [6.07, 6.45) is 7.71. The lowest BCUT2D eigenvalue weighted by Gasteiger charge is -2.28. The van der Waals surface area contributed by atoms with Crippen molar-refractivity contribution in [2.45, 2.75) is 45.1 Å². The van der Waals surface area contributed by atoms with Gasteiger partial charge in [-0.3, -0.25) is 4.68 Å². The summed E-state index contributed by atoms with van der Waals surface area (Å²) in [5.74, 6) is 0.296. The van der Waals surface area contributed by atoms with Gasteiger partial charge in [0, 0.05) is 6.20 Å².